The topological polar surface area (TPSA) is 83.4 Å². The zero-order valence-corrected chi connectivity index (χ0v) is 16.4. The van der Waals surface area contributed by atoms with Crippen molar-refractivity contribution in [1.82, 2.24) is 20.1 Å². The number of nitrogens with one attached hydrogen (secondary N) is 2. The number of likely N-dealkylation sites (N-methyl/N-ethyl adjacent to an activating group) is 1. The van der Waals surface area contributed by atoms with E-state index in [9.17, 15) is 18.8 Å². The summed E-state index contributed by atoms with van der Waals surface area (Å²) in [4.78, 5) is 39.0. The monoisotopic (exact) mass is 400 g/mol. The molecule has 2 N–H and O–H groups in total. The number of carbonyl (C=O) groups excluding carboxylic acids is 2. The van der Waals surface area contributed by atoms with Crippen molar-refractivity contribution in [1.29, 1.82) is 0 Å². The van der Waals surface area contributed by atoms with Crippen LogP contribution in [-0.2, 0) is 17.9 Å². The van der Waals surface area contributed by atoms with Gasteiger partial charge < -0.3 is 20.1 Å². The van der Waals surface area contributed by atoms with E-state index in [1.807, 2.05) is 7.05 Å². The van der Waals surface area contributed by atoms with Crippen molar-refractivity contribution in [2.24, 2.45) is 0 Å². The van der Waals surface area contributed by atoms with Crippen molar-refractivity contribution in [3.05, 3.63) is 69.9 Å². The molecule has 0 radical (unpaired) electrons. The van der Waals surface area contributed by atoms with Gasteiger partial charge in [-0.1, -0.05) is 12.1 Å². The highest BCUT2D eigenvalue weighted by atomic mass is 19.1. The van der Waals surface area contributed by atoms with E-state index in [0.717, 1.165) is 31.5 Å². The average molecular weight is 400 g/mol. The number of likely N-dealkylation sites (tertiary alicyclic amines) is 1. The van der Waals surface area contributed by atoms with Crippen LogP contribution >= 0.6 is 0 Å². The zero-order chi connectivity index (χ0) is 20.8. The fraction of sp³-hybridized carbons (Fsp3) is 0.381. The van der Waals surface area contributed by atoms with Crippen LogP contribution in [0.1, 0.15) is 28.8 Å². The minimum absolute atomic E-state index is 0.0687. The van der Waals surface area contributed by atoms with Gasteiger partial charge in [-0.2, -0.15) is 0 Å². The molecule has 1 fully saturated rings. The van der Waals surface area contributed by atoms with Crippen LogP contribution in [0.5, 0.6) is 0 Å². The Morgan fingerprint density at radius 2 is 1.93 bits per heavy atom. The summed E-state index contributed by atoms with van der Waals surface area (Å²) in [6.45, 7) is 1.89. The number of piperidine rings is 1. The molecule has 0 spiro atoms. The fourth-order valence-corrected chi connectivity index (χ4v) is 3.39. The standard InChI is InChI=1S/C21H25FN4O3/c1-25-10-2-3-18(13-25)24-19(27)14-26-12-16(6-9-20(26)28)21(29)23-11-15-4-7-17(22)8-5-15/h4-9,12,18H,2-3,10-11,13-14H2,1H3,(H,23,29)(H,24,27). The molecule has 2 aromatic rings. The Bertz CT molecular complexity index is 926. The number of rotatable bonds is 6. The normalized spacial score (nSPS) is 17.0. The third kappa shape index (κ3) is 5.99. The van der Waals surface area contributed by atoms with Crippen LogP contribution in [0.3, 0.4) is 0 Å². The van der Waals surface area contributed by atoms with Gasteiger partial charge in [-0.3, -0.25) is 14.4 Å². The number of hydrogen-bond donors (Lipinski definition) is 2. The number of amides is 2. The van der Waals surface area contributed by atoms with E-state index in [4.69, 9.17) is 0 Å². The maximum absolute atomic E-state index is 12.9. The van der Waals surface area contributed by atoms with Crippen LogP contribution in [0.15, 0.2) is 47.4 Å². The van der Waals surface area contributed by atoms with Crippen molar-refractivity contribution >= 4 is 11.8 Å². The maximum Gasteiger partial charge on any atom is 0.253 e. The lowest BCUT2D eigenvalue weighted by Gasteiger charge is -2.30. The summed E-state index contributed by atoms with van der Waals surface area (Å²) >= 11 is 0. The molecule has 0 saturated carbocycles. The Morgan fingerprint density at radius 1 is 1.17 bits per heavy atom. The predicted molar refractivity (Wildman–Crippen MR) is 107 cm³/mol. The van der Waals surface area contributed by atoms with E-state index in [0.29, 0.717) is 0 Å². The Morgan fingerprint density at radius 3 is 2.66 bits per heavy atom. The first-order valence-electron chi connectivity index (χ1n) is 9.62. The van der Waals surface area contributed by atoms with Crippen molar-refractivity contribution in [3.63, 3.8) is 0 Å². The Kier molecular flexibility index (Phi) is 6.77. The number of nitrogens with zero attached hydrogens (tertiary/aromatic N) is 2. The first-order chi connectivity index (χ1) is 13.9. The summed E-state index contributed by atoms with van der Waals surface area (Å²) < 4.78 is 14.2. The third-order valence-corrected chi connectivity index (χ3v) is 4.92. The number of halogens is 1. The molecule has 1 aromatic heterocycles. The van der Waals surface area contributed by atoms with Gasteiger partial charge in [0.25, 0.3) is 11.5 Å². The second kappa shape index (κ2) is 9.47. The molecule has 0 aliphatic carbocycles. The van der Waals surface area contributed by atoms with Crippen LogP contribution in [0.2, 0.25) is 0 Å². The van der Waals surface area contributed by atoms with Crippen LogP contribution in [0.25, 0.3) is 0 Å². The molecule has 29 heavy (non-hydrogen) atoms. The van der Waals surface area contributed by atoms with Gasteiger partial charge in [0.15, 0.2) is 0 Å². The van der Waals surface area contributed by atoms with Crippen LogP contribution in [0.4, 0.5) is 4.39 Å². The predicted octanol–water partition coefficient (Wildman–Crippen LogP) is 1.13. The molecular weight excluding hydrogens is 375 g/mol. The van der Waals surface area contributed by atoms with Gasteiger partial charge in [0.1, 0.15) is 12.4 Å². The first-order valence-corrected chi connectivity index (χ1v) is 9.62. The van der Waals surface area contributed by atoms with Gasteiger partial charge in [0, 0.05) is 31.4 Å². The molecule has 8 heteroatoms. The van der Waals surface area contributed by atoms with Crippen molar-refractivity contribution in [2.75, 3.05) is 20.1 Å². The molecule has 154 valence electrons. The van der Waals surface area contributed by atoms with E-state index in [1.165, 1.54) is 35.0 Å². The third-order valence-electron chi connectivity index (χ3n) is 4.92. The lowest BCUT2D eigenvalue weighted by molar-refractivity contribution is -0.122. The van der Waals surface area contributed by atoms with Gasteiger partial charge in [0.05, 0.1) is 5.56 Å². The Labute approximate surface area is 168 Å². The smallest absolute Gasteiger partial charge is 0.253 e. The zero-order valence-electron chi connectivity index (χ0n) is 16.4. The van der Waals surface area contributed by atoms with E-state index in [1.54, 1.807) is 12.1 Å². The molecule has 0 bridgehead atoms. The Hall–Kier alpha value is -3.00. The highest BCUT2D eigenvalue weighted by Crippen LogP contribution is 2.08. The van der Waals surface area contributed by atoms with Crippen molar-refractivity contribution < 1.29 is 14.0 Å². The molecule has 1 aromatic carbocycles. The number of carbonyl (C=O) groups is 2. The average Bonchev–Trinajstić information content (AvgIpc) is 2.69. The summed E-state index contributed by atoms with van der Waals surface area (Å²) in [6, 6.07) is 8.59. The SMILES string of the molecule is CN1CCCC(NC(=O)Cn2cc(C(=O)NCc3ccc(F)cc3)ccc2=O)C1. The molecule has 1 saturated heterocycles. The van der Waals surface area contributed by atoms with Gasteiger partial charge in [0.2, 0.25) is 5.91 Å². The maximum atomic E-state index is 12.9. The van der Waals surface area contributed by atoms with E-state index >= 15 is 0 Å². The fourth-order valence-electron chi connectivity index (χ4n) is 3.39. The summed E-state index contributed by atoms with van der Waals surface area (Å²) in [7, 11) is 2.01. The highest BCUT2D eigenvalue weighted by Gasteiger charge is 2.19. The molecular formula is C21H25FN4O3. The second-order valence-corrected chi connectivity index (χ2v) is 7.36. The number of pyridine rings is 1. The second-order valence-electron chi connectivity index (χ2n) is 7.36. The highest BCUT2D eigenvalue weighted by molar-refractivity contribution is 5.93. The van der Waals surface area contributed by atoms with E-state index in [-0.39, 0.29) is 47.9 Å². The largest absolute Gasteiger partial charge is 0.351 e. The van der Waals surface area contributed by atoms with Crippen LogP contribution in [-0.4, -0.2) is 47.5 Å². The molecule has 1 aliphatic heterocycles. The lowest BCUT2D eigenvalue weighted by atomic mass is 10.1. The lowest BCUT2D eigenvalue weighted by Crippen LogP contribution is -2.47. The van der Waals surface area contributed by atoms with Crippen molar-refractivity contribution in [2.45, 2.75) is 32.0 Å². The van der Waals surface area contributed by atoms with E-state index in [2.05, 4.69) is 15.5 Å². The van der Waals surface area contributed by atoms with Gasteiger partial charge >= 0.3 is 0 Å². The first kappa shape index (κ1) is 20.7. The minimum Gasteiger partial charge on any atom is -0.351 e. The van der Waals surface area contributed by atoms with E-state index < -0.39 is 0 Å². The molecule has 1 aliphatic rings. The molecule has 1 unspecified atom stereocenters. The van der Waals surface area contributed by atoms with Crippen LogP contribution in [0, 0.1) is 5.82 Å². The molecule has 2 heterocycles. The summed E-state index contributed by atoms with van der Waals surface area (Å²) in [6.07, 6.45) is 3.32. The van der Waals surface area contributed by atoms with Gasteiger partial charge in [-0.25, -0.2) is 4.39 Å². The molecule has 1 atom stereocenters. The minimum atomic E-state index is -0.377. The number of hydrogen-bond acceptors (Lipinski definition) is 4. The summed E-state index contributed by atoms with van der Waals surface area (Å²) in [5.74, 6) is -0.973. The quantitative estimate of drug-likeness (QED) is 0.762. The van der Waals surface area contributed by atoms with Gasteiger partial charge in [-0.15, -0.1) is 0 Å². The van der Waals surface area contributed by atoms with Crippen molar-refractivity contribution in [3.8, 4) is 0 Å². The summed E-state index contributed by atoms with van der Waals surface area (Å²) in [5.41, 5.74) is 0.679. The van der Waals surface area contributed by atoms with Crippen LogP contribution < -0.4 is 16.2 Å². The number of aromatic nitrogens is 1. The molecule has 2 amide bonds. The summed E-state index contributed by atoms with van der Waals surface area (Å²) in [5, 5.41) is 5.68. The molecule has 3 rings (SSSR count). The molecule has 7 nitrogen and oxygen atoms in total. The number of benzene rings is 1. The van der Waals surface area contributed by atoms with Gasteiger partial charge in [-0.05, 0) is 50.2 Å². The Balaban J connectivity index is 1.59.